The molecule has 2 aromatic heterocycles. The van der Waals surface area contributed by atoms with Crippen LogP contribution in [0.3, 0.4) is 0 Å². The number of benzene rings is 7. The Kier molecular flexibility index (Phi) is 7.41. The van der Waals surface area contributed by atoms with Gasteiger partial charge >= 0.3 is 0 Å². The maximum absolute atomic E-state index is 5.07. The Hall–Kier alpha value is -6.85. The van der Waals surface area contributed by atoms with E-state index in [1.807, 2.05) is 72.8 Å². The first-order valence-electron chi connectivity index (χ1n) is 16.6. The number of hydrogen-bond acceptors (Lipinski definition) is 5. The molecule has 0 amide bonds. The molecule has 7 aromatic carbocycles. The zero-order valence-electron chi connectivity index (χ0n) is 27.0. The SMILES string of the molecule is c1ccc(-c2nc(-c3ccccc3)nc(-c3ccc(-c4ccccc4-c4ncccn4)c(-c4cc5ccccc5c5ccccc45)c3)n2)cc1. The van der Waals surface area contributed by atoms with Crippen molar-refractivity contribution in [3.8, 4) is 67.8 Å². The molecule has 0 aliphatic carbocycles. The van der Waals surface area contributed by atoms with Crippen LogP contribution in [0.5, 0.6) is 0 Å². The van der Waals surface area contributed by atoms with Crippen molar-refractivity contribution >= 4 is 21.5 Å². The summed E-state index contributed by atoms with van der Waals surface area (Å²) in [5.41, 5.74) is 8.03. The average molecular weight is 640 g/mol. The number of hydrogen-bond donors (Lipinski definition) is 0. The molecule has 0 atom stereocenters. The molecule has 0 saturated carbocycles. The Morgan fingerprint density at radius 1 is 0.280 bits per heavy atom. The molecule has 0 N–H and O–H groups in total. The third-order valence-electron chi connectivity index (χ3n) is 9.06. The van der Waals surface area contributed by atoms with Crippen molar-refractivity contribution in [1.82, 2.24) is 24.9 Å². The zero-order valence-corrected chi connectivity index (χ0v) is 27.0. The lowest BCUT2D eigenvalue weighted by Crippen LogP contribution is -2.00. The fraction of sp³-hybridized carbons (Fsp3) is 0. The van der Waals surface area contributed by atoms with Gasteiger partial charge in [0.05, 0.1) is 0 Å². The smallest absolute Gasteiger partial charge is 0.164 e. The highest BCUT2D eigenvalue weighted by molar-refractivity contribution is 6.15. The third kappa shape index (κ3) is 5.37. The van der Waals surface area contributed by atoms with E-state index in [4.69, 9.17) is 15.0 Å². The van der Waals surface area contributed by atoms with E-state index in [0.717, 1.165) is 44.5 Å². The first kappa shape index (κ1) is 29.3. The van der Waals surface area contributed by atoms with Crippen molar-refractivity contribution < 1.29 is 0 Å². The van der Waals surface area contributed by atoms with Gasteiger partial charge in [0, 0.05) is 34.6 Å². The van der Waals surface area contributed by atoms with Gasteiger partial charge in [0.25, 0.3) is 0 Å². The molecule has 5 heteroatoms. The molecule has 0 aliphatic heterocycles. The predicted molar refractivity (Wildman–Crippen MR) is 203 cm³/mol. The highest BCUT2D eigenvalue weighted by atomic mass is 15.0. The Balaban J connectivity index is 1.33. The fourth-order valence-electron chi connectivity index (χ4n) is 6.71. The first-order valence-corrected chi connectivity index (χ1v) is 16.6. The molecule has 5 nitrogen and oxygen atoms in total. The van der Waals surface area contributed by atoms with Gasteiger partial charge in [-0.3, -0.25) is 0 Å². The van der Waals surface area contributed by atoms with Crippen LogP contribution in [-0.2, 0) is 0 Å². The number of fused-ring (bicyclic) bond motifs is 3. The molecule has 2 heterocycles. The zero-order chi connectivity index (χ0) is 33.3. The molecule has 234 valence electrons. The molecular formula is C45H29N5. The van der Waals surface area contributed by atoms with Gasteiger partial charge in [0.1, 0.15) is 0 Å². The van der Waals surface area contributed by atoms with Crippen LogP contribution >= 0.6 is 0 Å². The number of rotatable bonds is 6. The van der Waals surface area contributed by atoms with Crippen LogP contribution in [0.4, 0.5) is 0 Å². The monoisotopic (exact) mass is 639 g/mol. The largest absolute Gasteiger partial charge is 0.237 e. The Bertz CT molecular complexity index is 2580. The second kappa shape index (κ2) is 12.6. The van der Waals surface area contributed by atoms with E-state index >= 15 is 0 Å². The number of aromatic nitrogens is 5. The van der Waals surface area contributed by atoms with Crippen LogP contribution in [0, 0.1) is 0 Å². The molecule has 50 heavy (non-hydrogen) atoms. The predicted octanol–water partition coefficient (Wildman–Crippen LogP) is 11.0. The van der Waals surface area contributed by atoms with Crippen molar-refractivity contribution in [2.75, 3.05) is 0 Å². The minimum Gasteiger partial charge on any atom is -0.237 e. The van der Waals surface area contributed by atoms with E-state index in [2.05, 4.69) is 101 Å². The first-order chi connectivity index (χ1) is 24.8. The van der Waals surface area contributed by atoms with E-state index < -0.39 is 0 Å². The highest BCUT2D eigenvalue weighted by Crippen LogP contribution is 2.43. The topological polar surface area (TPSA) is 64.5 Å². The Morgan fingerprint density at radius 3 is 1.48 bits per heavy atom. The van der Waals surface area contributed by atoms with E-state index in [1.54, 1.807) is 12.4 Å². The molecular weight excluding hydrogens is 611 g/mol. The van der Waals surface area contributed by atoms with Gasteiger partial charge in [-0.05, 0) is 62.0 Å². The summed E-state index contributed by atoms with van der Waals surface area (Å²) in [6, 6.07) is 56.4. The highest BCUT2D eigenvalue weighted by Gasteiger charge is 2.19. The van der Waals surface area contributed by atoms with Crippen LogP contribution in [0.1, 0.15) is 0 Å². The summed E-state index contributed by atoms with van der Waals surface area (Å²) in [7, 11) is 0. The van der Waals surface area contributed by atoms with E-state index in [9.17, 15) is 0 Å². The molecule has 9 rings (SSSR count). The normalized spacial score (nSPS) is 11.2. The summed E-state index contributed by atoms with van der Waals surface area (Å²) in [6.45, 7) is 0. The summed E-state index contributed by atoms with van der Waals surface area (Å²) in [5, 5.41) is 4.77. The second-order valence-electron chi connectivity index (χ2n) is 12.1. The quantitative estimate of drug-likeness (QED) is 0.169. The number of nitrogens with zero attached hydrogens (tertiary/aromatic N) is 5. The molecule has 9 aromatic rings. The lowest BCUT2D eigenvalue weighted by atomic mass is 9.86. The fourth-order valence-corrected chi connectivity index (χ4v) is 6.71. The Morgan fingerprint density at radius 2 is 0.800 bits per heavy atom. The van der Waals surface area contributed by atoms with Gasteiger partial charge in [-0.2, -0.15) is 0 Å². The molecule has 0 bridgehead atoms. The van der Waals surface area contributed by atoms with Crippen LogP contribution in [0.25, 0.3) is 89.4 Å². The van der Waals surface area contributed by atoms with Crippen molar-refractivity contribution in [1.29, 1.82) is 0 Å². The summed E-state index contributed by atoms with van der Waals surface area (Å²) in [6.07, 6.45) is 3.57. The lowest BCUT2D eigenvalue weighted by molar-refractivity contribution is 1.07. The van der Waals surface area contributed by atoms with Crippen LogP contribution in [0.2, 0.25) is 0 Å². The summed E-state index contributed by atoms with van der Waals surface area (Å²) >= 11 is 0. The van der Waals surface area contributed by atoms with Gasteiger partial charge in [-0.15, -0.1) is 0 Å². The van der Waals surface area contributed by atoms with Gasteiger partial charge in [-0.1, -0.05) is 146 Å². The van der Waals surface area contributed by atoms with Gasteiger partial charge in [-0.25, -0.2) is 24.9 Å². The minimum atomic E-state index is 0.607. The van der Waals surface area contributed by atoms with Gasteiger partial charge in [0.15, 0.2) is 23.3 Å². The van der Waals surface area contributed by atoms with Gasteiger partial charge < -0.3 is 0 Å². The molecule has 0 radical (unpaired) electrons. The minimum absolute atomic E-state index is 0.607. The van der Waals surface area contributed by atoms with Crippen molar-refractivity contribution in [3.63, 3.8) is 0 Å². The average Bonchev–Trinajstić information content (AvgIpc) is 3.21. The summed E-state index contributed by atoms with van der Waals surface area (Å²) in [5.74, 6) is 2.54. The standard InChI is InChI=1S/C45H29N5/c1-3-14-30(15-4-1)42-48-43(31-16-5-2-6-17-31)50-44(49-42)33-24-25-38(36-21-11-12-23-39(36)45-46-26-13-27-47-45)41(29-33)40-28-32-18-7-8-19-34(32)35-20-9-10-22-37(35)40/h1-29H. The van der Waals surface area contributed by atoms with Crippen LogP contribution < -0.4 is 0 Å². The maximum atomic E-state index is 5.07. The molecule has 0 unspecified atom stereocenters. The van der Waals surface area contributed by atoms with Crippen LogP contribution in [-0.4, -0.2) is 24.9 Å². The van der Waals surface area contributed by atoms with Gasteiger partial charge in [0.2, 0.25) is 0 Å². The van der Waals surface area contributed by atoms with Crippen molar-refractivity contribution in [2.45, 2.75) is 0 Å². The molecule has 0 fully saturated rings. The summed E-state index contributed by atoms with van der Waals surface area (Å²) in [4.78, 5) is 24.3. The Labute approximate surface area is 289 Å². The van der Waals surface area contributed by atoms with E-state index in [-0.39, 0.29) is 0 Å². The van der Waals surface area contributed by atoms with E-state index in [1.165, 1.54) is 21.5 Å². The lowest BCUT2D eigenvalue weighted by Gasteiger charge is -2.18. The molecule has 0 aliphatic rings. The second-order valence-corrected chi connectivity index (χ2v) is 12.1. The van der Waals surface area contributed by atoms with Crippen molar-refractivity contribution in [3.05, 3.63) is 176 Å². The molecule has 0 saturated heterocycles. The van der Waals surface area contributed by atoms with Crippen LogP contribution in [0.15, 0.2) is 176 Å². The summed E-state index contributed by atoms with van der Waals surface area (Å²) < 4.78 is 0. The van der Waals surface area contributed by atoms with E-state index in [0.29, 0.717) is 23.3 Å². The third-order valence-corrected chi connectivity index (χ3v) is 9.06. The van der Waals surface area contributed by atoms with Crippen molar-refractivity contribution in [2.24, 2.45) is 0 Å². The maximum Gasteiger partial charge on any atom is 0.164 e. The molecule has 0 spiro atoms.